The smallest absolute Gasteiger partial charge is 0.229 e. The van der Waals surface area contributed by atoms with E-state index in [2.05, 4.69) is 25.3 Å². The summed E-state index contributed by atoms with van der Waals surface area (Å²) >= 11 is 6.17. The molecule has 1 aromatic heterocycles. The molecule has 0 aliphatic carbocycles. The van der Waals surface area contributed by atoms with Crippen molar-refractivity contribution in [1.82, 2.24) is 9.97 Å². The number of sulfonamides is 1. The van der Waals surface area contributed by atoms with Gasteiger partial charge in [-0.1, -0.05) is 11.6 Å². The molecule has 3 aromatic rings. The van der Waals surface area contributed by atoms with Crippen molar-refractivity contribution >= 4 is 62.9 Å². The summed E-state index contributed by atoms with van der Waals surface area (Å²) in [5.41, 5.74) is 0.378. The molecule has 0 saturated carbocycles. The van der Waals surface area contributed by atoms with Crippen LogP contribution in [0.4, 0.5) is 37.6 Å². The molecule has 0 radical (unpaired) electrons. The highest BCUT2D eigenvalue weighted by Gasteiger charge is 2.15. The van der Waals surface area contributed by atoms with Crippen LogP contribution in [0.5, 0.6) is 11.5 Å². The number of hydrogen-bond acceptors (Lipinski definition) is 8. The maximum atomic E-state index is 14.1. The van der Waals surface area contributed by atoms with Gasteiger partial charge in [-0.3, -0.25) is 4.72 Å². The Balaban J connectivity index is 0.00000385. The summed E-state index contributed by atoms with van der Waals surface area (Å²) in [6.45, 7) is 0. The van der Waals surface area contributed by atoms with E-state index < -0.39 is 21.7 Å². The number of halogens is 4. The number of ether oxygens (including phenoxy) is 2. The van der Waals surface area contributed by atoms with E-state index in [1.54, 1.807) is 12.1 Å². The van der Waals surface area contributed by atoms with Gasteiger partial charge in [0.05, 0.1) is 43.7 Å². The SMILES string of the molecule is COc1ccc(Nc2nc(Nc3cc(OC)c(F)cc3F)ncc2Cl)c(NS(C)(=O)=O)c1.Cl. The second kappa shape index (κ2) is 10.7. The van der Waals surface area contributed by atoms with Crippen LogP contribution < -0.4 is 24.8 Å². The first kappa shape index (κ1) is 26.2. The molecular weight excluding hydrogens is 503 g/mol. The van der Waals surface area contributed by atoms with E-state index in [1.807, 2.05) is 0 Å². The van der Waals surface area contributed by atoms with E-state index >= 15 is 0 Å². The van der Waals surface area contributed by atoms with Gasteiger partial charge in [-0.2, -0.15) is 4.98 Å². The van der Waals surface area contributed by atoms with Gasteiger partial charge in [-0.25, -0.2) is 22.2 Å². The van der Waals surface area contributed by atoms with Crippen molar-refractivity contribution in [1.29, 1.82) is 0 Å². The standard InChI is InChI=1S/C19H18ClF2N5O4S.ClH/c1-30-10-4-5-14(16(6-10)27-32(3,28)29)24-18-11(20)9-23-19(26-18)25-15-8-17(31-2)13(22)7-12(15)21;/h4-9,27H,1-3H3,(H2,23,24,25,26);1H. The molecule has 0 fully saturated rings. The molecule has 0 aliphatic heterocycles. The first-order valence-electron chi connectivity index (χ1n) is 8.85. The molecule has 2 aromatic carbocycles. The Morgan fingerprint density at radius 2 is 1.70 bits per heavy atom. The lowest BCUT2D eigenvalue weighted by molar-refractivity contribution is 0.384. The maximum absolute atomic E-state index is 14.1. The molecule has 0 amide bonds. The number of benzene rings is 2. The van der Waals surface area contributed by atoms with E-state index in [0.29, 0.717) is 17.5 Å². The highest BCUT2D eigenvalue weighted by Crippen LogP contribution is 2.33. The molecule has 0 atom stereocenters. The normalized spacial score (nSPS) is 10.7. The molecule has 14 heteroatoms. The summed E-state index contributed by atoms with van der Waals surface area (Å²) < 4.78 is 63.6. The molecule has 3 rings (SSSR count). The molecule has 0 aliphatic rings. The number of anilines is 5. The highest BCUT2D eigenvalue weighted by atomic mass is 35.5. The van der Waals surface area contributed by atoms with Crippen molar-refractivity contribution in [2.75, 3.05) is 35.8 Å². The van der Waals surface area contributed by atoms with Crippen LogP contribution in [0.2, 0.25) is 5.02 Å². The van der Waals surface area contributed by atoms with Crippen molar-refractivity contribution in [3.63, 3.8) is 0 Å². The van der Waals surface area contributed by atoms with Crippen LogP contribution in [0, 0.1) is 11.6 Å². The molecule has 0 saturated heterocycles. The Kier molecular flexibility index (Phi) is 8.47. The van der Waals surface area contributed by atoms with Gasteiger partial charge < -0.3 is 20.1 Å². The molecule has 9 nitrogen and oxygen atoms in total. The Hall–Kier alpha value is -3.09. The number of rotatable bonds is 8. The summed E-state index contributed by atoms with van der Waals surface area (Å²) in [7, 11) is -0.911. The molecule has 0 bridgehead atoms. The summed E-state index contributed by atoms with van der Waals surface area (Å²) in [6, 6.07) is 6.41. The largest absolute Gasteiger partial charge is 0.497 e. The van der Waals surface area contributed by atoms with Crippen LogP contribution in [-0.2, 0) is 10.0 Å². The van der Waals surface area contributed by atoms with Gasteiger partial charge in [0.25, 0.3) is 0 Å². The van der Waals surface area contributed by atoms with Crippen LogP contribution in [0.15, 0.2) is 36.5 Å². The summed E-state index contributed by atoms with van der Waals surface area (Å²) in [5.74, 6) is -1.46. The summed E-state index contributed by atoms with van der Waals surface area (Å²) in [6.07, 6.45) is 2.26. The molecule has 3 N–H and O–H groups in total. The zero-order valence-corrected chi connectivity index (χ0v) is 19.8. The minimum absolute atomic E-state index is 0. The van der Waals surface area contributed by atoms with Gasteiger partial charge in [-0.05, 0) is 12.1 Å². The van der Waals surface area contributed by atoms with Gasteiger partial charge in [0.15, 0.2) is 17.4 Å². The fourth-order valence-electron chi connectivity index (χ4n) is 2.59. The third-order valence-corrected chi connectivity index (χ3v) is 4.87. The minimum Gasteiger partial charge on any atom is -0.497 e. The monoisotopic (exact) mass is 521 g/mol. The zero-order chi connectivity index (χ0) is 23.5. The van der Waals surface area contributed by atoms with Crippen LogP contribution in [0.1, 0.15) is 0 Å². The highest BCUT2D eigenvalue weighted by molar-refractivity contribution is 7.92. The predicted molar refractivity (Wildman–Crippen MR) is 125 cm³/mol. The Labute approximate surface area is 200 Å². The van der Waals surface area contributed by atoms with Crippen LogP contribution in [0.3, 0.4) is 0 Å². The van der Waals surface area contributed by atoms with Gasteiger partial charge >= 0.3 is 0 Å². The number of aromatic nitrogens is 2. The Morgan fingerprint density at radius 1 is 0.970 bits per heavy atom. The van der Waals surface area contributed by atoms with E-state index in [-0.39, 0.29) is 46.3 Å². The first-order valence-corrected chi connectivity index (χ1v) is 11.1. The van der Waals surface area contributed by atoms with Gasteiger partial charge in [0, 0.05) is 18.2 Å². The molecule has 33 heavy (non-hydrogen) atoms. The third-order valence-electron chi connectivity index (χ3n) is 4.01. The summed E-state index contributed by atoms with van der Waals surface area (Å²) in [5, 5.41) is 5.63. The van der Waals surface area contributed by atoms with Crippen molar-refractivity contribution in [3.05, 3.63) is 53.2 Å². The molecule has 0 spiro atoms. The lowest BCUT2D eigenvalue weighted by Gasteiger charge is -2.15. The maximum Gasteiger partial charge on any atom is 0.229 e. The third kappa shape index (κ3) is 6.70. The molecular formula is C19H19Cl2F2N5O4S. The second-order valence-corrected chi connectivity index (χ2v) is 8.55. The van der Waals surface area contributed by atoms with E-state index in [9.17, 15) is 17.2 Å². The summed E-state index contributed by atoms with van der Waals surface area (Å²) in [4.78, 5) is 8.16. The lowest BCUT2D eigenvalue weighted by Crippen LogP contribution is -2.11. The average molecular weight is 522 g/mol. The lowest BCUT2D eigenvalue weighted by atomic mass is 10.2. The van der Waals surface area contributed by atoms with Crippen LogP contribution >= 0.6 is 24.0 Å². The number of methoxy groups -OCH3 is 2. The Bertz CT molecular complexity index is 1270. The van der Waals surface area contributed by atoms with E-state index in [0.717, 1.165) is 12.3 Å². The van der Waals surface area contributed by atoms with Gasteiger partial charge in [-0.15, -0.1) is 12.4 Å². The fourth-order valence-corrected chi connectivity index (χ4v) is 3.29. The van der Waals surface area contributed by atoms with Crippen molar-refractivity contribution in [3.8, 4) is 11.5 Å². The molecule has 0 unspecified atom stereocenters. The van der Waals surface area contributed by atoms with E-state index in [1.165, 1.54) is 26.5 Å². The fraction of sp³-hybridized carbons (Fsp3) is 0.158. The molecule has 178 valence electrons. The second-order valence-electron chi connectivity index (χ2n) is 6.39. The van der Waals surface area contributed by atoms with Gasteiger partial charge in [0.1, 0.15) is 16.6 Å². The topological polar surface area (TPSA) is 114 Å². The van der Waals surface area contributed by atoms with Crippen LogP contribution in [0.25, 0.3) is 0 Å². The minimum atomic E-state index is -3.60. The van der Waals surface area contributed by atoms with E-state index in [4.69, 9.17) is 21.1 Å². The number of nitrogens with one attached hydrogen (secondary N) is 3. The number of nitrogens with zero attached hydrogens (tertiary/aromatic N) is 2. The first-order chi connectivity index (χ1) is 15.1. The predicted octanol–water partition coefficient (Wildman–Crippen LogP) is 4.71. The molecule has 1 heterocycles. The quantitative estimate of drug-likeness (QED) is 0.390. The number of hydrogen-bond donors (Lipinski definition) is 3. The van der Waals surface area contributed by atoms with Crippen molar-refractivity contribution in [2.45, 2.75) is 0 Å². The average Bonchev–Trinajstić information content (AvgIpc) is 2.72. The van der Waals surface area contributed by atoms with Crippen molar-refractivity contribution in [2.24, 2.45) is 0 Å². The Morgan fingerprint density at radius 3 is 2.33 bits per heavy atom. The zero-order valence-electron chi connectivity index (χ0n) is 17.4. The van der Waals surface area contributed by atoms with Crippen molar-refractivity contribution < 1.29 is 26.7 Å². The van der Waals surface area contributed by atoms with Crippen LogP contribution in [-0.4, -0.2) is 38.9 Å². The van der Waals surface area contributed by atoms with Gasteiger partial charge in [0.2, 0.25) is 16.0 Å².